The Hall–Kier alpha value is -1.36. The van der Waals surface area contributed by atoms with Gasteiger partial charge in [0.25, 0.3) is 0 Å². The minimum Gasteiger partial charge on any atom is -0.478 e. The smallest absolute Gasteiger partial charge is 0.349 e. The lowest BCUT2D eigenvalue weighted by Crippen LogP contribution is -2.22. The maximum absolute atomic E-state index is 11.4. The molecular formula is C12H13BrO4. The van der Waals surface area contributed by atoms with E-state index in [9.17, 15) is 9.59 Å². The van der Waals surface area contributed by atoms with Gasteiger partial charge in [-0.05, 0) is 12.1 Å². The van der Waals surface area contributed by atoms with Gasteiger partial charge in [0, 0.05) is 10.0 Å². The van der Waals surface area contributed by atoms with Gasteiger partial charge in [0.2, 0.25) is 6.10 Å². The highest BCUT2D eigenvalue weighted by molar-refractivity contribution is 9.10. The third-order valence-corrected chi connectivity index (χ3v) is 2.63. The summed E-state index contributed by atoms with van der Waals surface area (Å²) in [5.41, 5.74) is 0.440. The van der Waals surface area contributed by atoms with Gasteiger partial charge < -0.3 is 9.84 Å². The van der Waals surface area contributed by atoms with E-state index < -0.39 is 18.0 Å². The molecule has 0 radical (unpaired) electrons. The lowest BCUT2D eigenvalue weighted by atomic mass is 10.1. The second-order valence-electron chi connectivity index (χ2n) is 3.86. The lowest BCUT2D eigenvalue weighted by molar-refractivity contribution is -0.166. The molecule has 1 N–H and O–H groups in total. The maximum atomic E-state index is 11.4. The van der Waals surface area contributed by atoms with Gasteiger partial charge in [0.05, 0.1) is 5.92 Å². The predicted octanol–water partition coefficient (Wildman–Crippen LogP) is 2.77. The maximum Gasteiger partial charge on any atom is 0.349 e. The van der Waals surface area contributed by atoms with E-state index in [1.807, 2.05) is 0 Å². The zero-order valence-electron chi connectivity index (χ0n) is 9.51. The van der Waals surface area contributed by atoms with Crippen LogP contribution >= 0.6 is 15.9 Å². The number of hydrogen-bond acceptors (Lipinski definition) is 3. The number of halogens is 1. The fourth-order valence-corrected chi connectivity index (χ4v) is 1.42. The van der Waals surface area contributed by atoms with Crippen molar-refractivity contribution in [2.75, 3.05) is 0 Å². The molecule has 0 amide bonds. The first-order chi connectivity index (χ1) is 7.91. The summed E-state index contributed by atoms with van der Waals surface area (Å²) in [6, 6.07) is 6.62. The summed E-state index contributed by atoms with van der Waals surface area (Å²) < 4.78 is 5.78. The number of carbonyl (C=O) groups is 2. The zero-order chi connectivity index (χ0) is 13.0. The van der Waals surface area contributed by atoms with Crippen molar-refractivity contribution in [3.8, 4) is 0 Å². The van der Waals surface area contributed by atoms with Crippen molar-refractivity contribution < 1.29 is 19.4 Å². The highest BCUT2D eigenvalue weighted by Gasteiger charge is 2.25. The Labute approximate surface area is 108 Å². The van der Waals surface area contributed by atoms with Gasteiger partial charge in [0.1, 0.15) is 0 Å². The molecule has 1 aromatic carbocycles. The molecule has 0 saturated heterocycles. The molecule has 17 heavy (non-hydrogen) atoms. The Kier molecular flexibility index (Phi) is 4.69. The SMILES string of the molecule is CC(C)C(=O)O[C@H](C(=O)O)c1ccc(Br)cc1. The van der Waals surface area contributed by atoms with Gasteiger partial charge in [-0.3, -0.25) is 4.79 Å². The van der Waals surface area contributed by atoms with Crippen LogP contribution in [0.25, 0.3) is 0 Å². The molecule has 0 aliphatic rings. The van der Waals surface area contributed by atoms with Crippen LogP contribution in [0.2, 0.25) is 0 Å². The first-order valence-electron chi connectivity index (χ1n) is 5.10. The molecule has 5 heteroatoms. The second-order valence-corrected chi connectivity index (χ2v) is 4.78. The van der Waals surface area contributed by atoms with Crippen LogP contribution in [0.15, 0.2) is 28.7 Å². The van der Waals surface area contributed by atoms with Gasteiger partial charge in [-0.15, -0.1) is 0 Å². The van der Waals surface area contributed by atoms with E-state index in [1.54, 1.807) is 38.1 Å². The number of carboxylic acids is 1. The summed E-state index contributed by atoms with van der Waals surface area (Å²) in [5, 5.41) is 9.04. The molecule has 0 aromatic heterocycles. The van der Waals surface area contributed by atoms with E-state index in [4.69, 9.17) is 9.84 Å². The van der Waals surface area contributed by atoms with E-state index in [-0.39, 0.29) is 5.92 Å². The number of carboxylic acid groups (broad SMARTS) is 1. The number of aliphatic carboxylic acids is 1. The number of esters is 1. The molecule has 0 aliphatic heterocycles. The number of benzene rings is 1. The first kappa shape index (κ1) is 13.7. The van der Waals surface area contributed by atoms with Crippen molar-refractivity contribution in [2.24, 2.45) is 5.92 Å². The Morgan fingerprint density at radius 1 is 1.24 bits per heavy atom. The van der Waals surface area contributed by atoms with E-state index in [0.717, 1.165) is 4.47 Å². The Bertz CT molecular complexity index is 411. The van der Waals surface area contributed by atoms with Crippen molar-refractivity contribution in [3.05, 3.63) is 34.3 Å². The summed E-state index contributed by atoms with van der Waals surface area (Å²) in [7, 11) is 0. The molecular weight excluding hydrogens is 288 g/mol. The number of ether oxygens (including phenoxy) is 1. The molecule has 92 valence electrons. The average Bonchev–Trinajstić information content (AvgIpc) is 2.26. The van der Waals surface area contributed by atoms with Crippen LogP contribution in [-0.2, 0) is 14.3 Å². The van der Waals surface area contributed by atoms with E-state index in [1.165, 1.54) is 0 Å². The Morgan fingerprint density at radius 3 is 2.18 bits per heavy atom. The normalized spacial score (nSPS) is 12.2. The topological polar surface area (TPSA) is 63.6 Å². The van der Waals surface area contributed by atoms with Crippen LogP contribution < -0.4 is 0 Å². The number of rotatable bonds is 4. The van der Waals surface area contributed by atoms with Crippen molar-refractivity contribution in [1.29, 1.82) is 0 Å². The van der Waals surface area contributed by atoms with Gasteiger partial charge in [-0.2, -0.15) is 0 Å². The van der Waals surface area contributed by atoms with Crippen LogP contribution in [0.5, 0.6) is 0 Å². The highest BCUT2D eigenvalue weighted by Crippen LogP contribution is 2.21. The monoisotopic (exact) mass is 300 g/mol. The summed E-state index contributed by atoms with van der Waals surface area (Å²) in [5.74, 6) is -2.06. The third kappa shape index (κ3) is 3.85. The average molecular weight is 301 g/mol. The molecule has 1 atom stereocenters. The van der Waals surface area contributed by atoms with E-state index in [0.29, 0.717) is 5.56 Å². The van der Waals surface area contributed by atoms with Crippen molar-refractivity contribution >= 4 is 27.9 Å². The van der Waals surface area contributed by atoms with Crippen LogP contribution in [0.1, 0.15) is 25.5 Å². The van der Waals surface area contributed by atoms with Gasteiger partial charge in [-0.1, -0.05) is 41.9 Å². The number of hydrogen-bond donors (Lipinski definition) is 1. The van der Waals surface area contributed by atoms with Crippen LogP contribution in [-0.4, -0.2) is 17.0 Å². The lowest BCUT2D eigenvalue weighted by Gasteiger charge is -2.15. The molecule has 0 bridgehead atoms. The van der Waals surface area contributed by atoms with Crippen molar-refractivity contribution in [3.63, 3.8) is 0 Å². The Morgan fingerprint density at radius 2 is 1.76 bits per heavy atom. The van der Waals surface area contributed by atoms with E-state index >= 15 is 0 Å². The first-order valence-corrected chi connectivity index (χ1v) is 5.90. The number of carbonyl (C=O) groups excluding carboxylic acids is 1. The fraction of sp³-hybridized carbons (Fsp3) is 0.333. The summed E-state index contributed by atoms with van der Waals surface area (Å²) in [4.78, 5) is 22.5. The molecule has 0 unspecified atom stereocenters. The van der Waals surface area contributed by atoms with Crippen molar-refractivity contribution in [1.82, 2.24) is 0 Å². The second kappa shape index (κ2) is 5.82. The fourth-order valence-electron chi connectivity index (χ4n) is 1.15. The van der Waals surface area contributed by atoms with Gasteiger partial charge in [0.15, 0.2) is 0 Å². The molecule has 0 fully saturated rings. The molecule has 0 saturated carbocycles. The Balaban J connectivity index is 2.90. The summed E-state index contributed by atoms with van der Waals surface area (Å²) >= 11 is 3.25. The van der Waals surface area contributed by atoms with Gasteiger partial charge >= 0.3 is 11.9 Å². The summed E-state index contributed by atoms with van der Waals surface area (Å²) in [6.07, 6.45) is -1.25. The quantitative estimate of drug-likeness (QED) is 0.869. The molecule has 0 heterocycles. The highest BCUT2D eigenvalue weighted by atomic mass is 79.9. The largest absolute Gasteiger partial charge is 0.478 e. The van der Waals surface area contributed by atoms with Crippen LogP contribution in [0.3, 0.4) is 0 Å². The van der Waals surface area contributed by atoms with E-state index in [2.05, 4.69) is 15.9 Å². The van der Waals surface area contributed by atoms with Crippen molar-refractivity contribution in [2.45, 2.75) is 20.0 Å². The predicted molar refractivity (Wildman–Crippen MR) is 65.4 cm³/mol. The summed E-state index contributed by atoms with van der Waals surface area (Å²) in [6.45, 7) is 3.31. The molecule has 0 spiro atoms. The standard InChI is InChI=1S/C12H13BrO4/c1-7(2)12(16)17-10(11(14)15)8-3-5-9(13)6-4-8/h3-7,10H,1-2H3,(H,14,15)/t10-/m0/s1. The van der Waals surface area contributed by atoms with Gasteiger partial charge in [-0.25, -0.2) is 4.79 Å². The molecule has 0 aliphatic carbocycles. The molecule has 4 nitrogen and oxygen atoms in total. The zero-order valence-corrected chi connectivity index (χ0v) is 11.1. The molecule has 1 aromatic rings. The molecule has 1 rings (SSSR count). The third-order valence-electron chi connectivity index (χ3n) is 2.10. The minimum absolute atomic E-state index is 0.354. The van der Waals surface area contributed by atoms with Crippen LogP contribution in [0, 0.1) is 5.92 Å². The van der Waals surface area contributed by atoms with Crippen LogP contribution in [0.4, 0.5) is 0 Å². The minimum atomic E-state index is -1.25.